The van der Waals surface area contributed by atoms with Gasteiger partial charge in [0.25, 0.3) is 5.91 Å². The molecule has 0 aliphatic carbocycles. The number of carbonyl (C=O) groups is 1. The summed E-state index contributed by atoms with van der Waals surface area (Å²) in [4.78, 5) is 14.5. The number of anilines is 1. The Morgan fingerprint density at radius 2 is 1.68 bits per heavy atom. The number of hydrogen-bond acceptors (Lipinski definition) is 3. The largest absolute Gasteiger partial charge is 0.481 e. The van der Waals surface area contributed by atoms with E-state index in [1.807, 2.05) is 36.4 Å². The molecule has 0 aromatic heterocycles. The molecule has 5 heteroatoms. The lowest BCUT2D eigenvalue weighted by atomic mass is 10.2. The third-order valence-electron chi connectivity index (χ3n) is 4.03. The zero-order valence-corrected chi connectivity index (χ0v) is 16.5. The van der Waals surface area contributed by atoms with Gasteiger partial charge in [0.1, 0.15) is 5.75 Å². The van der Waals surface area contributed by atoms with E-state index in [1.165, 1.54) is 5.69 Å². The van der Waals surface area contributed by atoms with E-state index in [0.717, 1.165) is 23.1 Å². The fourth-order valence-corrected chi connectivity index (χ4v) is 2.78. The highest BCUT2D eigenvalue weighted by Crippen LogP contribution is 2.18. The maximum absolute atomic E-state index is 12.2. The van der Waals surface area contributed by atoms with Crippen molar-refractivity contribution < 1.29 is 9.53 Å². The van der Waals surface area contributed by atoms with Crippen molar-refractivity contribution in [3.63, 3.8) is 0 Å². The van der Waals surface area contributed by atoms with Crippen LogP contribution in [-0.2, 0) is 11.3 Å². The van der Waals surface area contributed by atoms with Crippen LogP contribution >= 0.6 is 15.9 Å². The molecular formula is C20H25BrN2O2. The summed E-state index contributed by atoms with van der Waals surface area (Å²) in [5.41, 5.74) is 2.27. The molecular weight excluding hydrogens is 380 g/mol. The van der Waals surface area contributed by atoms with Crippen LogP contribution in [0, 0.1) is 0 Å². The van der Waals surface area contributed by atoms with Crippen molar-refractivity contribution in [2.75, 3.05) is 18.0 Å². The summed E-state index contributed by atoms with van der Waals surface area (Å²) in [7, 11) is 0. The molecule has 0 saturated carbocycles. The second-order valence-corrected chi connectivity index (χ2v) is 6.69. The van der Waals surface area contributed by atoms with E-state index in [-0.39, 0.29) is 5.91 Å². The lowest BCUT2D eigenvalue weighted by Crippen LogP contribution is -2.35. The highest BCUT2D eigenvalue weighted by Gasteiger charge is 2.14. The van der Waals surface area contributed by atoms with Gasteiger partial charge in [-0.05, 0) is 62.7 Å². The number of carbonyl (C=O) groups excluding carboxylic acids is 1. The second kappa shape index (κ2) is 9.47. The molecule has 0 saturated heterocycles. The lowest BCUT2D eigenvalue weighted by Gasteiger charge is -2.21. The second-order valence-electron chi connectivity index (χ2n) is 5.77. The molecule has 0 spiro atoms. The minimum atomic E-state index is -0.545. The summed E-state index contributed by atoms with van der Waals surface area (Å²) < 4.78 is 6.64. The van der Waals surface area contributed by atoms with Crippen molar-refractivity contribution in [3.8, 4) is 5.75 Å². The van der Waals surface area contributed by atoms with Crippen LogP contribution in [0.4, 0.5) is 5.69 Å². The third kappa shape index (κ3) is 5.78. The van der Waals surface area contributed by atoms with Gasteiger partial charge in [0.05, 0.1) is 0 Å². The van der Waals surface area contributed by atoms with Gasteiger partial charge in [-0.25, -0.2) is 0 Å². The van der Waals surface area contributed by atoms with Crippen molar-refractivity contribution in [1.82, 2.24) is 5.32 Å². The van der Waals surface area contributed by atoms with Crippen LogP contribution in [0.25, 0.3) is 0 Å². The van der Waals surface area contributed by atoms with Gasteiger partial charge >= 0.3 is 0 Å². The predicted octanol–water partition coefficient (Wildman–Crippen LogP) is 4.38. The summed E-state index contributed by atoms with van der Waals surface area (Å²) in [5.74, 6) is 0.546. The van der Waals surface area contributed by atoms with Gasteiger partial charge < -0.3 is 15.0 Å². The number of nitrogens with one attached hydrogen (secondary N) is 1. The van der Waals surface area contributed by atoms with Gasteiger partial charge in [-0.2, -0.15) is 0 Å². The lowest BCUT2D eigenvalue weighted by molar-refractivity contribution is -0.127. The molecule has 0 fully saturated rings. The molecule has 0 bridgehead atoms. The van der Waals surface area contributed by atoms with Crippen LogP contribution < -0.4 is 15.0 Å². The van der Waals surface area contributed by atoms with Crippen LogP contribution in [0.1, 0.15) is 26.3 Å². The Morgan fingerprint density at radius 1 is 1.08 bits per heavy atom. The highest BCUT2D eigenvalue weighted by molar-refractivity contribution is 9.10. The van der Waals surface area contributed by atoms with E-state index in [4.69, 9.17) is 4.74 Å². The highest BCUT2D eigenvalue weighted by atomic mass is 79.9. The molecule has 0 aliphatic rings. The first kappa shape index (κ1) is 19.3. The Labute approximate surface area is 158 Å². The molecule has 4 nitrogen and oxygen atoms in total. The molecule has 0 aliphatic heterocycles. The first-order chi connectivity index (χ1) is 12.0. The molecule has 134 valence electrons. The monoisotopic (exact) mass is 404 g/mol. The van der Waals surface area contributed by atoms with E-state index in [2.05, 4.69) is 52.1 Å². The molecule has 2 aromatic rings. The number of ether oxygens (including phenoxy) is 1. The summed E-state index contributed by atoms with van der Waals surface area (Å²) in [6, 6.07) is 15.7. The molecule has 1 amide bonds. The molecule has 0 unspecified atom stereocenters. The Hall–Kier alpha value is -2.01. The van der Waals surface area contributed by atoms with Crippen LogP contribution in [0.2, 0.25) is 0 Å². The summed E-state index contributed by atoms with van der Waals surface area (Å²) in [6.07, 6.45) is -0.545. The van der Waals surface area contributed by atoms with Crippen LogP contribution in [0.5, 0.6) is 5.75 Å². The number of nitrogens with zero attached hydrogens (tertiary/aromatic N) is 1. The smallest absolute Gasteiger partial charge is 0.261 e. The quantitative estimate of drug-likeness (QED) is 0.709. The molecule has 2 aromatic carbocycles. The molecule has 0 radical (unpaired) electrons. The normalized spacial score (nSPS) is 11.7. The van der Waals surface area contributed by atoms with Gasteiger partial charge in [0, 0.05) is 29.8 Å². The average Bonchev–Trinajstić information content (AvgIpc) is 2.63. The Kier molecular flexibility index (Phi) is 7.31. The fraction of sp³-hybridized carbons (Fsp3) is 0.350. The molecule has 1 N–H and O–H groups in total. The molecule has 25 heavy (non-hydrogen) atoms. The van der Waals surface area contributed by atoms with Crippen molar-refractivity contribution in [2.24, 2.45) is 0 Å². The Bertz CT molecular complexity index is 667. The van der Waals surface area contributed by atoms with Crippen molar-refractivity contribution in [3.05, 3.63) is 58.6 Å². The van der Waals surface area contributed by atoms with Gasteiger partial charge in [-0.3, -0.25) is 4.79 Å². The van der Waals surface area contributed by atoms with Crippen LogP contribution in [0.15, 0.2) is 53.0 Å². The van der Waals surface area contributed by atoms with Gasteiger partial charge in [-0.15, -0.1) is 0 Å². The third-order valence-corrected chi connectivity index (χ3v) is 4.56. The average molecular weight is 405 g/mol. The SMILES string of the molecule is CCN(CC)c1ccc(CNC(=O)[C@H](C)Oc2ccc(Br)cc2)cc1. The maximum atomic E-state index is 12.2. The van der Waals surface area contributed by atoms with E-state index in [9.17, 15) is 4.79 Å². The molecule has 0 heterocycles. The van der Waals surface area contributed by atoms with Gasteiger partial charge in [0.2, 0.25) is 0 Å². The van der Waals surface area contributed by atoms with Gasteiger partial charge in [0.15, 0.2) is 6.10 Å². The van der Waals surface area contributed by atoms with Crippen LogP contribution in [0.3, 0.4) is 0 Å². The number of amides is 1. The minimum absolute atomic E-state index is 0.129. The maximum Gasteiger partial charge on any atom is 0.261 e. The first-order valence-electron chi connectivity index (χ1n) is 8.57. The van der Waals surface area contributed by atoms with Crippen molar-refractivity contribution in [1.29, 1.82) is 0 Å². The fourth-order valence-electron chi connectivity index (χ4n) is 2.52. The number of benzene rings is 2. The Balaban J connectivity index is 1.85. The standard InChI is InChI=1S/C20H25BrN2O2/c1-4-23(5-2)18-10-6-16(7-11-18)14-22-20(24)15(3)25-19-12-8-17(21)9-13-19/h6-13,15H,4-5,14H2,1-3H3,(H,22,24)/t15-/m0/s1. The molecule has 2 rings (SSSR count). The number of rotatable bonds is 8. The van der Waals surface area contributed by atoms with Crippen LogP contribution in [-0.4, -0.2) is 25.1 Å². The number of hydrogen-bond donors (Lipinski definition) is 1. The van der Waals surface area contributed by atoms with Crippen molar-refractivity contribution >= 4 is 27.5 Å². The molecule has 1 atom stereocenters. The zero-order chi connectivity index (χ0) is 18.2. The van der Waals surface area contributed by atoms with E-state index in [1.54, 1.807) is 6.92 Å². The van der Waals surface area contributed by atoms with E-state index < -0.39 is 6.10 Å². The Morgan fingerprint density at radius 3 is 2.24 bits per heavy atom. The number of halogens is 1. The zero-order valence-electron chi connectivity index (χ0n) is 15.0. The minimum Gasteiger partial charge on any atom is -0.481 e. The van der Waals surface area contributed by atoms with Gasteiger partial charge in [-0.1, -0.05) is 28.1 Å². The summed E-state index contributed by atoms with van der Waals surface area (Å²) >= 11 is 3.38. The summed E-state index contributed by atoms with van der Waals surface area (Å²) in [5, 5.41) is 2.92. The topological polar surface area (TPSA) is 41.6 Å². The van der Waals surface area contributed by atoms with E-state index in [0.29, 0.717) is 12.3 Å². The van der Waals surface area contributed by atoms with E-state index >= 15 is 0 Å². The summed E-state index contributed by atoms with van der Waals surface area (Å²) in [6.45, 7) is 8.50. The first-order valence-corrected chi connectivity index (χ1v) is 9.36. The van der Waals surface area contributed by atoms with Crippen molar-refractivity contribution in [2.45, 2.75) is 33.4 Å². The predicted molar refractivity (Wildman–Crippen MR) is 106 cm³/mol.